The number of piperidine rings is 1. The third-order valence-electron chi connectivity index (χ3n) is 3.49. The molecule has 4 heteroatoms. The first kappa shape index (κ1) is 11.6. The van der Waals surface area contributed by atoms with Crippen molar-refractivity contribution in [2.45, 2.75) is 19.3 Å². The van der Waals surface area contributed by atoms with Crippen LogP contribution in [-0.2, 0) is 0 Å². The largest absolute Gasteiger partial charge is 0.370 e. The van der Waals surface area contributed by atoms with E-state index in [0.29, 0.717) is 0 Å². The summed E-state index contributed by atoms with van der Waals surface area (Å²) in [5.74, 6) is 0. The topological polar surface area (TPSA) is 36.1 Å². The van der Waals surface area contributed by atoms with E-state index in [-0.39, 0.29) is 5.56 Å². The van der Waals surface area contributed by atoms with Gasteiger partial charge in [-0.3, -0.25) is 4.79 Å². The predicted octanol–water partition coefficient (Wildman–Crippen LogP) is 3.17. The molecule has 1 saturated heterocycles. The lowest BCUT2D eigenvalue weighted by atomic mass is 10.1. The Kier molecular flexibility index (Phi) is 3.00. The zero-order chi connectivity index (χ0) is 12.5. The highest BCUT2D eigenvalue weighted by molar-refractivity contribution is 6.34. The SMILES string of the molecule is O=c1ccc2cc(Cl)c(N3CCCCC3)cc2[nH]1. The Morgan fingerprint density at radius 2 is 1.89 bits per heavy atom. The lowest BCUT2D eigenvalue weighted by molar-refractivity contribution is 0.578. The van der Waals surface area contributed by atoms with Crippen LogP contribution >= 0.6 is 11.6 Å². The van der Waals surface area contributed by atoms with Gasteiger partial charge in [0.05, 0.1) is 16.2 Å². The van der Waals surface area contributed by atoms with Crippen LogP contribution in [0.3, 0.4) is 0 Å². The molecule has 0 atom stereocenters. The molecular formula is C14H15ClN2O. The van der Waals surface area contributed by atoms with E-state index >= 15 is 0 Å². The first-order chi connectivity index (χ1) is 8.74. The molecule has 0 unspecified atom stereocenters. The average molecular weight is 263 g/mol. The van der Waals surface area contributed by atoms with Crippen molar-refractivity contribution in [3.63, 3.8) is 0 Å². The quantitative estimate of drug-likeness (QED) is 0.857. The van der Waals surface area contributed by atoms with Gasteiger partial charge in [-0.05, 0) is 42.8 Å². The molecule has 94 valence electrons. The zero-order valence-corrected chi connectivity index (χ0v) is 10.8. The minimum Gasteiger partial charge on any atom is -0.370 e. The van der Waals surface area contributed by atoms with Gasteiger partial charge in [-0.1, -0.05) is 11.6 Å². The lowest BCUT2D eigenvalue weighted by Crippen LogP contribution is -2.29. The summed E-state index contributed by atoms with van der Waals surface area (Å²) in [5.41, 5.74) is 1.81. The van der Waals surface area contributed by atoms with Crippen LogP contribution in [0.4, 0.5) is 5.69 Å². The van der Waals surface area contributed by atoms with Gasteiger partial charge in [0.25, 0.3) is 0 Å². The van der Waals surface area contributed by atoms with Crippen molar-refractivity contribution in [3.05, 3.63) is 39.6 Å². The summed E-state index contributed by atoms with van der Waals surface area (Å²) in [6.45, 7) is 2.09. The molecule has 1 aliphatic heterocycles. The second-order valence-corrected chi connectivity index (χ2v) is 5.17. The fraction of sp³-hybridized carbons (Fsp3) is 0.357. The molecule has 0 bridgehead atoms. The van der Waals surface area contributed by atoms with Gasteiger partial charge in [-0.15, -0.1) is 0 Å². The van der Waals surface area contributed by atoms with Crippen molar-refractivity contribution >= 4 is 28.2 Å². The molecule has 1 N–H and O–H groups in total. The predicted molar refractivity (Wildman–Crippen MR) is 75.6 cm³/mol. The molecule has 0 spiro atoms. The summed E-state index contributed by atoms with van der Waals surface area (Å²) in [7, 11) is 0. The smallest absolute Gasteiger partial charge is 0.248 e. The van der Waals surface area contributed by atoms with Gasteiger partial charge in [0.1, 0.15) is 0 Å². The van der Waals surface area contributed by atoms with Crippen LogP contribution in [0.1, 0.15) is 19.3 Å². The summed E-state index contributed by atoms with van der Waals surface area (Å²) >= 11 is 6.34. The number of halogens is 1. The second-order valence-electron chi connectivity index (χ2n) is 4.76. The van der Waals surface area contributed by atoms with E-state index in [1.807, 2.05) is 12.1 Å². The standard InChI is InChI=1S/C14H15ClN2O/c15-11-8-10-4-5-14(18)16-12(10)9-13(11)17-6-2-1-3-7-17/h4-5,8-9H,1-3,6-7H2,(H,16,18). The molecule has 1 aromatic carbocycles. The average Bonchev–Trinajstić information content (AvgIpc) is 2.39. The van der Waals surface area contributed by atoms with E-state index in [4.69, 9.17) is 11.6 Å². The summed E-state index contributed by atoms with van der Waals surface area (Å²) in [6, 6.07) is 7.25. The molecular weight excluding hydrogens is 248 g/mol. The monoisotopic (exact) mass is 262 g/mol. The van der Waals surface area contributed by atoms with Crippen LogP contribution in [0.2, 0.25) is 5.02 Å². The highest BCUT2D eigenvalue weighted by atomic mass is 35.5. The third-order valence-corrected chi connectivity index (χ3v) is 3.79. The molecule has 3 rings (SSSR count). The Morgan fingerprint density at radius 1 is 1.11 bits per heavy atom. The van der Waals surface area contributed by atoms with E-state index in [1.54, 1.807) is 6.07 Å². The molecule has 0 saturated carbocycles. The summed E-state index contributed by atoms with van der Waals surface area (Å²) < 4.78 is 0. The number of aromatic amines is 1. The number of hydrogen-bond donors (Lipinski definition) is 1. The first-order valence-corrected chi connectivity index (χ1v) is 6.69. The van der Waals surface area contributed by atoms with Gasteiger partial charge in [0, 0.05) is 19.2 Å². The van der Waals surface area contributed by atoms with Gasteiger partial charge in [0.2, 0.25) is 5.56 Å². The maximum absolute atomic E-state index is 11.4. The van der Waals surface area contributed by atoms with E-state index in [1.165, 1.54) is 25.3 Å². The van der Waals surface area contributed by atoms with Crippen LogP contribution in [0.5, 0.6) is 0 Å². The molecule has 1 aliphatic rings. The van der Waals surface area contributed by atoms with Crippen molar-refractivity contribution < 1.29 is 0 Å². The van der Waals surface area contributed by atoms with Gasteiger partial charge >= 0.3 is 0 Å². The molecule has 0 aliphatic carbocycles. The van der Waals surface area contributed by atoms with Crippen LogP contribution < -0.4 is 10.5 Å². The molecule has 1 aromatic heterocycles. The summed E-state index contributed by atoms with van der Waals surface area (Å²) in [6.07, 6.45) is 3.71. The van der Waals surface area contributed by atoms with Crippen molar-refractivity contribution in [2.75, 3.05) is 18.0 Å². The molecule has 18 heavy (non-hydrogen) atoms. The number of H-pyrrole nitrogens is 1. The van der Waals surface area contributed by atoms with Crippen LogP contribution in [0, 0.1) is 0 Å². The Balaban J connectivity index is 2.10. The highest BCUT2D eigenvalue weighted by Crippen LogP contribution is 2.31. The molecule has 0 radical (unpaired) electrons. The zero-order valence-electron chi connectivity index (χ0n) is 10.1. The number of fused-ring (bicyclic) bond motifs is 1. The van der Waals surface area contributed by atoms with Crippen LogP contribution in [0.25, 0.3) is 10.9 Å². The Bertz CT molecular complexity index is 629. The summed E-state index contributed by atoms with van der Waals surface area (Å²) in [5, 5.41) is 1.73. The Hall–Kier alpha value is -1.48. The fourth-order valence-corrected chi connectivity index (χ4v) is 2.83. The number of hydrogen-bond acceptors (Lipinski definition) is 2. The number of nitrogens with one attached hydrogen (secondary N) is 1. The van der Waals surface area contributed by atoms with E-state index in [9.17, 15) is 4.79 Å². The van der Waals surface area contributed by atoms with Crippen LogP contribution in [-0.4, -0.2) is 18.1 Å². The number of anilines is 1. The van der Waals surface area contributed by atoms with Crippen molar-refractivity contribution in [1.82, 2.24) is 4.98 Å². The number of rotatable bonds is 1. The van der Waals surface area contributed by atoms with Crippen molar-refractivity contribution in [2.24, 2.45) is 0 Å². The Morgan fingerprint density at radius 3 is 2.67 bits per heavy atom. The van der Waals surface area contributed by atoms with Gasteiger partial charge < -0.3 is 9.88 Å². The molecule has 0 amide bonds. The van der Waals surface area contributed by atoms with E-state index < -0.39 is 0 Å². The van der Waals surface area contributed by atoms with E-state index in [0.717, 1.165) is 34.7 Å². The first-order valence-electron chi connectivity index (χ1n) is 6.31. The summed E-state index contributed by atoms with van der Waals surface area (Å²) in [4.78, 5) is 16.5. The minimum absolute atomic E-state index is 0.0746. The molecule has 1 fully saturated rings. The molecule has 2 heterocycles. The highest BCUT2D eigenvalue weighted by Gasteiger charge is 2.14. The maximum atomic E-state index is 11.4. The van der Waals surface area contributed by atoms with Gasteiger partial charge in [-0.25, -0.2) is 0 Å². The number of pyridine rings is 1. The van der Waals surface area contributed by atoms with Crippen molar-refractivity contribution in [3.8, 4) is 0 Å². The maximum Gasteiger partial charge on any atom is 0.248 e. The van der Waals surface area contributed by atoms with Crippen molar-refractivity contribution in [1.29, 1.82) is 0 Å². The van der Waals surface area contributed by atoms with Gasteiger partial charge in [-0.2, -0.15) is 0 Å². The lowest BCUT2D eigenvalue weighted by Gasteiger charge is -2.29. The number of aromatic nitrogens is 1. The van der Waals surface area contributed by atoms with Crippen LogP contribution in [0.15, 0.2) is 29.1 Å². The second kappa shape index (κ2) is 4.65. The Labute approximate surface area is 110 Å². The fourth-order valence-electron chi connectivity index (χ4n) is 2.54. The number of benzene rings is 1. The normalized spacial score (nSPS) is 16.2. The third kappa shape index (κ3) is 2.10. The number of nitrogens with zero attached hydrogens (tertiary/aromatic N) is 1. The molecule has 2 aromatic rings. The van der Waals surface area contributed by atoms with Gasteiger partial charge in [0.15, 0.2) is 0 Å². The minimum atomic E-state index is -0.0746. The van der Waals surface area contributed by atoms with E-state index in [2.05, 4.69) is 9.88 Å². The molecule has 3 nitrogen and oxygen atoms in total.